The van der Waals surface area contributed by atoms with Crippen molar-refractivity contribution in [1.82, 2.24) is 24.4 Å². The molecule has 142 valence electrons. The number of anilines is 1. The van der Waals surface area contributed by atoms with Gasteiger partial charge < -0.3 is 19.8 Å². The zero-order chi connectivity index (χ0) is 19.3. The molecule has 0 bridgehead atoms. The molecule has 1 aromatic carbocycles. The lowest BCUT2D eigenvalue weighted by molar-refractivity contribution is -0.120. The SMILES string of the molecule is Cn1cc(CC(=O)NCCNc2cc(-n3cccc3)ncn2)c2ccccc21. The topological polar surface area (TPSA) is 76.8 Å². The molecule has 7 heteroatoms. The number of para-hydroxylation sites is 1. The molecule has 0 atom stereocenters. The van der Waals surface area contributed by atoms with E-state index in [-0.39, 0.29) is 5.91 Å². The van der Waals surface area contributed by atoms with Crippen LogP contribution < -0.4 is 10.6 Å². The van der Waals surface area contributed by atoms with Gasteiger partial charge in [0.1, 0.15) is 18.0 Å². The summed E-state index contributed by atoms with van der Waals surface area (Å²) >= 11 is 0. The summed E-state index contributed by atoms with van der Waals surface area (Å²) in [5.41, 5.74) is 2.17. The summed E-state index contributed by atoms with van der Waals surface area (Å²) in [7, 11) is 2.00. The fraction of sp³-hybridized carbons (Fsp3) is 0.190. The summed E-state index contributed by atoms with van der Waals surface area (Å²) in [5, 5.41) is 7.30. The second-order valence-electron chi connectivity index (χ2n) is 6.59. The van der Waals surface area contributed by atoms with Crippen LogP contribution in [0.3, 0.4) is 0 Å². The van der Waals surface area contributed by atoms with Gasteiger partial charge in [-0.3, -0.25) is 4.79 Å². The van der Waals surface area contributed by atoms with Crippen molar-refractivity contribution in [2.45, 2.75) is 6.42 Å². The lowest BCUT2D eigenvalue weighted by atomic mass is 10.1. The standard InChI is InChI=1S/C21H22N6O/c1-26-14-16(17-6-2-3-7-18(17)26)12-21(28)23-9-8-22-19-13-20(25-15-24-19)27-10-4-5-11-27/h2-7,10-11,13-15H,8-9,12H2,1H3,(H,23,28)(H,22,24,25). The van der Waals surface area contributed by atoms with Crippen LogP contribution >= 0.6 is 0 Å². The molecular weight excluding hydrogens is 352 g/mol. The fourth-order valence-electron chi connectivity index (χ4n) is 3.27. The van der Waals surface area contributed by atoms with Crippen molar-refractivity contribution in [3.8, 4) is 5.82 Å². The number of fused-ring (bicyclic) bond motifs is 1. The number of aryl methyl sites for hydroxylation is 1. The minimum absolute atomic E-state index is 0.00821. The van der Waals surface area contributed by atoms with Crippen molar-refractivity contribution in [2.24, 2.45) is 7.05 Å². The van der Waals surface area contributed by atoms with Crippen molar-refractivity contribution in [3.63, 3.8) is 0 Å². The Labute approximate surface area is 163 Å². The van der Waals surface area contributed by atoms with Gasteiger partial charge in [-0.2, -0.15) is 0 Å². The van der Waals surface area contributed by atoms with Gasteiger partial charge in [0.05, 0.1) is 6.42 Å². The quantitative estimate of drug-likeness (QED) is 0.488. The third-order valence-electron chi connectivity index (χ3n) is 4.61. The van der Waals surface area contributed by atoms with E-state index in [1.54, 1.807) is 0 Å². The molecule has 3 aromatic heterocycles. The number of aromatic nitrogens is 4. The van der Waals surface area contributed by atoms with Gasteiger partial charge in [0.2, 0.25) is 5.91 Å². The second kappa shape index (κ2) is 7.96. The van der Waals surface area contributed by atoms with E-state index in [0.29, 0.717) is 19.5 Å². The number of amides is 1. The van der Waals surface area contributed by atoms with Gasteiger partial charge in [-0.25, -0.2) is 9.97 Å². The van der Waals surface area contributed by atoms with E-state index in [1.807, 2.05) is 60.5 Å². The lowest BCUT2D eigenvalue weighted by Crippen LogP contribution is -2.30. The van der Waals surface area contributed by atoms with Crippen molar-refractivity contribution in [2.75, 3.05) is 18.4 Å². The van der Waals surface area contributed by atoms with Crippen LogP contribution in [0.15, 0.2) is 67.4 Å². The molecule has 2 N–H and O–H groups in total. The number of nitrogens with zero attached hydrogens (tertiary/aromatic N) is 4. The zero-order valence-electron chi connectivity index (χ0n) is 15.7. The molecule has 0 radical (unpaired) electrons. The second-order valence-corrected chi connectivity index (χ2v) is 6.59. The molecule has 0 saturated carbocycles. The van der Waals surface area contributed by atoms with E-state index in [0.717, 1.165) is 28.1 Å². The molecule has 28 heavy (non-hydrogen) atoms. The summed E-state index contributed by atoms with van der Waals surface area (Å²) < 4.78 is 3.97. The zero-order valence-corrected chi connectivity index (χ0v) is 15.7. The fourth-order valence-corrected chi connectivity index (χ4v) is 3.27. The van der Waals surface area contributed by atoms with E-state index >= 15 is 0 Å². The van der Waals surface area contributed by atoms with E-state index in [1.165, 1.54) is 6.33 Å². The van der Waals surface area contributed by atoms with Crippen LogP contribution in [0.2, 0.25) is 0 Å². The molecule has 0 saturated heterocycles. The van der Waals surface area contributed by atoms with Crippen molar-refractivity contribution >= 4 is 22.6 Å². The van der Waals surface area contributed by atoms with Crippen molar-refractivity contribution in [3.05, 3.63) is 72.9 Å². The highest BCUT2D eigenvalue weighted by atomic mass is 16.1. The van der Waals surface area contributed by atoms with Crippen LogP contribution in [-0.2, 0) is 18.3 Å². The predicted octanol–water partition coefficient (Wildman–Crippen LogP) is 2.53. The Hall–Kier alpha value is -3.61. The molecule has 0 aliphatic carbocycles. The average Bonchev–Trinajstić information content (AvgIpc) is 3.35. The number of rotatable bonds is 7. The van der Waals surface area contributed by atoms with Gasteiger partial charge in [0.25, 0.3) is 0 Å². The van der Waals surface area contributed by atoms with E-state index in [4.69, 9.17) is 0 Å². The first-order chi connectivity index (χ1) is 13.7. The Kier molecular flexibility index (Phi) is 5.05. The molecule has 3 heterocycles. The maximum atomic E-state index is 12.3. The molecule has 1 amide bonds. The molecule has 0 fully saturated rings. The molecule has 7 nitrogen and oxygen atoms in total. The number of benzene rings is 1. The Morgan fingerprint density at radius 3 is 2.75 bits per heavy atom. The predicted molar refractivity (Wildman–Crippen MR) is 109 cm³/mol. The summed E-state index contributed by atoms with van der Waals surface area (Å²) in [6, 6.07) is 13.9. The Morgan fingerprint density at radius 1 is 1.07 bits per heavy atom. The first-order valence-electron chi connectivity index (χ1n) is 9.19. The van der Waals surface area contributed by atoms with E-state index in [9.17, 15) is 4.79 Å². The van der Waals surface area contributed by atoms with Gasteiger partial charge in [-0.05, 0) is 23.8 Å². The first-order valence-corrected chi connectivity index (χ1v) is 9.19. The minimum Gasteiger partial charge on any atom is -0.368 e. The minimum atomic E-state index is 0.00821. The summed E-state index contributed by atoms with van der Waals surface area (Å²) in [5.74, 6) is 1.53. The molecule has 4 aromatic rings. The Morgan fingerprint density at radius 2 is 1.89 bits per heavy atom. The first kappa shape index (κ1) is 17.8. The summed E-state index contributed by atoms with van der Waals surface area (Å²) in [6.45, 7) is 1.11. The molecular formula is C21H22N6O. The number of hydrogen-bond acceptors (Lipinski definition) is 4. The van der Waals surface area contributed by atoms with Crippen LogP contribution in [0.1, 0.15) is 5.56 Å². The maximum absolute atomic E-state index is 12.3. The number of carbonyl (C=O) groups excluding carboxylic acids is 1. The number of nitrogens with one attached hydrogen (secondary N) is 2. The number of hydrogen-bond donors (Lipinski definition) is 2. The normalized spacial score (nSPS) is 10.9. The van der Waals surface area contributed by atoms with Crippen LogP contribution in [-0.4, -0.2) is 38.1 Å². The smallest absolute Gasteiger partial charge is 0.224 e. The monoisotopic (exact) mass is 374 g/mol. The van der Waals surface area contributed by atoms with E-state index in [2.05, 4.69) is 37.3 Å². The van der Waals surface area contributed by atoms with Gasteiger partial charge in [-0.1, -0.05) is 18.2 Å². The van der Waals surface area contributed by atoms with E-state index < -0.39 is 0 Å². The Balaban J connectivity index is 1.28. The molecule has 0 unspecified atom stereocenters. The molecule has 0 aliphatic rings. The highest BCUT2D eigenvalue weighted by Crippen LogP contribution is 2.20. The molecule has 0 aliphatic heterocycles. The van der Waals surface area contributed by atoms with Gasteiger partial charge in [-0.15, -0.1) is 0 Å². The van der Waals surface area contributed by atoms with Crippen LogP contribution in [0.25, 0.3) is 16.7 Å². The maximum Gasteiger partial charge on any atom is 0.224 e. The highest BCUT2D eigenvalue weighted by molar-refractivity contribution is 5.89. The summed E-state index contributed by atoms with van der Waals surface area (Å²) in [6.07, 6.45) is 7.77. The molecule has 4 rings (SSSR count). The lowest BCUT2D eigenvalue weighted by Gasteiger charge is -2.08. The van der Waals surface area contributed by atoms with Gasteiger partial charge in [0.15, 0.2) is 0 Å². The third-order valence-corrected chi connectivity index (χ3v) is 4.61. The van der Waals surface area contributed by atoms with Crippen LogP contribution in [0.4, 0.5) is 5.82 Å². The van der Waals surface area contributed by atoms with Gasteiger partial charge >= 0.3 is 0 Å². The van der Waals surface area contributed by atoms with Gasteiger partial charge in [0, 0.05) is 55.7 Å². The van der Waals surface area contributed by atoms with Crippen LogP contribution in [0.5, 0.6) is 0 Å². The largest absolute Gasteiger partial charge is 0.368 e. The third kappa shape index (κ3) is 3.88. The van der Waals surface area contributed by atoms with Crippen LogP contribution in [0, 0.1) is 0 Å². The Bertz CT molecular complexity index is 1080. The highest BCUT2D eigenvalue weighted by Gasteiger charge is 2.10. The number of carbonyl (C=O) groups is 1. The van der Waals surface area contributed by atoms with Crippen molar-refractivity contribution < 1.29 is 4.79 Å². The molecule has 0 spiro atoms. The average molecular weight is 374 g/mol. The summed E-state index contributed by atoms with van der Waals surface area (Å²) in [4.78, 5) is 20.8. The van der Waals surface area contributed by atoms with Crippen molar-refractivity contribution in [1.29, 1.82) is 0 Å².